The highest BCUT2D eigenvalue weighted by Gasteiger charge is 2.58. The van der Waals surface area contributed by atoms with Crippen molar-refractivity contribution in [2.24, 2.45) is 0 Å². The van der Waals surface area contributed by atoms with E-state index >= 15 is 0 Å². The summed E-state index contributed by atoms with van der Waals surface area (Å²) in [4.78, 5) is 13.6. The van der Waals surface area contributed by atoms with E-state index in [1.807, 2.05) is 20.8 Å². The summed E-state index contributed by atoms with van der Waals surface area (Å²) in [6, 6.07) is 0. The SMILES string of the molecule is CC[C@]12CCN(C(=O)OC(C)(C)C)C[C@H]1O2. The second-order valence-electron chi connectivity index (χ2n) is 5.70. The fourth-order valence-corrected chi connectivity index (χ4v) is 2.27. The van der Waals surface area contributed by atoms with Crippen LogP contribution in [0.2, 0.25) is 0 Å². The molecule has 0 bridgehead atoms. The lowest BCUT2D eigenvalue weighted by Gasteiger charge is -2.30. The Morgan fingerprint density at radius 3 is 2.75 bits per heavy atom. The number of fused-ring (bicyclic) bond motifs is 1. The standard InChI is InChI=1S/C12H21NO3/c1-5-12-6-7-13(8-9(12)15-12)10(14)16-11(2,3)4/h9H,5-8H2,1-4H3/t9-,12+/m1/s1. The smallest absolute Gasteiger partial charge is 0.410 e. The van der Waals surface area contributed by atoms with Gasteiger partial charge in [-0.05, 0) is 33.6 Å². The van der Waals surface area contributed by atoms with Crippen LogP contribution in [-0.2, 0) is 9.47 Å². The molecule has 2 aliphatic heterocycles. The maximum atomic E-state index is 11.8. The number of carbonyl (C=O) groups is 1. The second-order valence-corrected chi connectivity index (χ2v) is 5.70. The molecule has 2 fully saturated rings. The molecule has 2 rings (SSSR count). The van der Waals surface area contributed by atoms with Crippen molar-refractivity contribution in [1.82, 2.24) is 4.90 Å². The Morgan fingerprint density at radius 1 is 1.56 bits per heavy atom. The van der Waals surface area contributed by atoms with Crippen molar-refractivity contribution >= 4 is 6.09 Å². The van der Waals surface area contributed by atoms with Gasteiger partial charge >= 0.3 is 6.09 Å². The van der Waals surface area contributed by atoms with Crippen LogP contribution >= 0.6 is 0 Å². The number of hydrogen-bond acceptors (Lipinski definition) is 3. The van der Waals surface area contributed by atoms with E-state index in [1.54, 1.807) is 4.90 Å². The first-order chi connectivity index (χ1) is 7.36. The van der Waals surface area contributed by atoms with Crippen molar-refractivity contribution in [2.45, 2.75) is 57.8 Å². The first-order valence-electron chi connectivity index (χ1n) is 6.02. The summed E-state index contributed by atoms with van der Waals surface area (Å²) in [5.41, 5.74) is -0.334. The fraction of sp³-hybridized carbons (Fsp3) is 0.917. The van der Waals surface area contributed by atoms with Gasteiger partial charge in [0.25, 0.3) is 0 Å². The molecule has 1 amide bonds. The molecule has 2 aliphatic rings. The molecule has 0 aromatic rings. The van der Waals surface area contributed by atoms with Crippen molar-refractivity contribution in [1.29, 1.82) is 0 Å². The third-order valence-electron chi connectivity index (χ3n) is 3.35. The van der Waals surface area contributed by atoms with Gasteiger partial charge in [0.05, 0.1) is 12.1 Å². The molecule has 2 heterocycles. The molecular formula is C12H21NO3. The average Bonchev–Trinajstić information content (AvgIpc) is 2.88. The Kier molecular flexibility index (Phi) is 2.65. The molecular weight excluding hydrogens is 206 g/mol. The minimum atomic E-state index is -0.416. The second kappa shape index (κ2) is 3.62. The van der Waals surface area contributed by atoms with E-state index in [0.29, 0.717) is 6.54 Å². The number of ether oxygens (including phenoxy) is 2. The molecule has 2 saturated heterocycles. The van der Waals surface area contributed by atoms with Crippen molar-refractivity contribution in [2.75, 3.05) is 13.1 Å². The molecule has 0 N–H and O–H groups in total. The number of rotatable bonds is 1. The number of hydrogen-bond donors (Lipinski definition) is 0. The van der Waals surface area contributed by atoms with Gasteiger partial charge in [0.2, 0.25) is 0 Å². The van der Waals surface area contributed by atoms with Crippen LogP contribution in [0.25, 0.3) is 0 Å². The zero-order chi connectivity index (χ0) is 12.0. The Morgan fingerprint density at radius 2 is 2.25 bits per heavy atom. The molecule has 0 unspecified atom stereocenters. The highest BCUT2D eigenvalue weighted by Crippen LogP contribution is 2.46. The highest BCUT2D eigenvalue weighted by atomic mass is 16.6. The van der Waals surface area contributed by atoms with E-state index in [4.69, 9.17) is 9.47 Å². The molecule has 0 saturated carbocycles. The van der Waals surface area contributed by atoms with E-state index in [9.17, 15) is 4.79 Å². The average molecular weight is 227 g/mol. The predicted octanol–water partition coefficient (Wildman–Crippen LogP) is 2.17. The molecule has 0 aliphatic carbocycles. The van der Waals surface area contributed by atoms with Gasteiger partial charge in [-0.25, -0.2) is 4.79 Å². The van der Waals surface area contributed by atoms with Crippen molar-refractivity contribution in [3.05, 3.63) is 0 Å². The Hall–Kier alpha value is -0.770. The minimum Gasteiger partial charge on any atom is -0.444 e. The number of likely N-dealkylation sites (tertiary alicyclic amines) is 1. The van der Waals surface area contributed by atoms with Gasteiger partial charge < -0.3 is 14.4 Å². The third kappa shape index (κ3) is 2.17. The van der Waals surface area contributed by atoms with Crippen LogP contribution in [0.3, 0.4) is 0 Å². The van der Waals surface area contributed by atoms with Crippen LogP contribution in [0.15, 0.2) is 0 Å². The number of amides is 1. The molecule has 0 aromatic heterocycles. The van der Waals surface area contributed by atoms with Crippen LogP contribution in [0, 0.1) is 0 Å². The van der Waals surface area contributed by atoms with Crippen LogP contribution in [0.1, 0.15) is 40.5 Å². The first-order valence-corrected chi connectivity index (χ1v) is 6.02. The molecule has 4 heteroatoms. The number of piperidine rings is 1. The van der Waals surface area contributed by atoms with E-state index in [0.717, 1.165) is 19.4 Å². The van der Waals surface area contributed by atoms with Gasteiger partial charge in [-0.2, -0.15) is 0 Å². The third-order valence-corrected chi connectivity index (χ3v) is 3.35. The Labute approximate surface area is 96.9 Å². The molecule has 0 aromatic carbocycles. The summed E-state index contributed by atoms with van der Waals surface area (Å²) in [6.07, 6.45) is 2.00. The van der Waals surface area contributed by atoms with Gasteiger partial charge in [-0.1, -0.05) is 6.92 Å². The highest BCUT2D eigenvalue weighted by molar-refractivity contribution is 5.68. The van der Waals surface area contributed by atoms with Gasteiger partial charge in [-0.15, -0.1) is 0 Å². The maximum Gasteiger partial charge on any atom is 0.410 e. The zero-order valence-electron chi connectivity index (χ0n) is 10.6. The Bertz CT molecular complexity index is 297. The van der Waals surface area contributed by atoms with E-state index in [2.05, 4.69) is 6.92 Å². The van der Waals surface area contributed by atoms with Gasteiger partial charge in [0.1, 0.15) is 11.7 Å². The molecule has 92 valence electrons. The largest absolute Gasteiger partial charge is 0.444 e. The van der Waals surface area contributed by atoms with Crippen LogP contribution < -0.4 is 0 Å². The van der Waals surface area contributed by atoms with E-state index in [-0.39, 0.29) is 17.8 Å². The molecule has 4 nitrogen and oxygen atoms in total. The normalized spacial score (nSPS) is 33.2. The topological polar surface area (TPSA) is 42.1 Å². The van der Waals surface area contributed by atoms with E-state index in [1.165, 1.54) is 0 Å². The lowest BCUT2D eigenvalue weighted by Crippen LogP contribution is -2.45. The monoisotopic (exact) mass is 227 g/mol. The van der Waals surface area contributed by atoms with Gasteiger partial charge in [0, 0.05) is 6.54 Å². The molecule has 0 spiro atoms. The van der Waals surface area contributed by atoms with E-state index < -0.39 is 5.60 Å². The molecule has 16 heavy (non-hydrogen) atoms. The summed E-state index contributed by atoms with van der Waals surface area (Å²) in [5, 5.41) is 0. The minimum absolute atomic E-state index is 0.0819. The summed E-state index contributed by atoms with van der Waals surface area (Å²) in [6.45, 7) is 9.24. The van der Waals surface area contributed by atoms with Gasteiger partial charge in [-0.3, -0.25) is 0 Å². The fourth-order valence-electron chi connectivity index (χ4n) is 2.27. The van der Waals surface area contributed by atoms with Crippen LogP contribution in [0.4, 0.5) is 4.79 Å². The van der Waals surface area contributed by atoms with Crippen LogP contribution in [0.5, 0.6) is 0 Å². The van der Waals surface area contributed by atoms with Gasteiger partial charge in [0.15, 0.2) is 0 Å². The van der Waals surface area contributed by atoms with Crippen molar-refractivity contribution in [3.8, 4) is 0 Å². The number of epoxide rings is 1. The first kappa shape index (κ1) is 11.7. The quantitative estimate of drug-likeness (QED) is 0.645. The summed E-state index contributed by atoms with van der Waals surface area (Å²) in [5.74, 6) is 0. The zero-order valence-corrected chi connectivity index (χ0v) is 10.6. The van der Waals surface area contributed by atoms with Crippen LogP contribution in [-0.4, -0.2) is 41.4 Å². The maximum absolute atomic E-state index is 11.8. The summed E-state index contributed by atoms with van der Waals surface area (Å²) in [7, 11) is 0. The Balaban J connectivity index is 1.87. The molecule has 2 atom stereocenters. The summed E-state index contributed by atoms with van der Waals surface area (Å²) < 4.78 is 11.0. The molecule has 0 radical (unpaired) electrons. The van der Waals surface area contributed by atoms with Crippen molar-refractivity contribution in [3.63, 3.8) is 0 Å². The number of nitrogens with zero attached hydrogens (tertiary/aromatic N) is 1. The predicted molar refractivity (Wildman–Crippen MR) is 60.3 cm³/mol. The summed E-state index contributed by atoms with van der Waals surface area (Å²) >= 11 is 0. The number of carbonyl (C=O) groups excluding carboxylic acids is 1. The van der Waals surface area contributed by atoms with Crippen molar-refractivity contribution < 1.29 is 14.3 Å². The lowest BCUT2D eigenvalue weighted by atomic mass is 9.94. The lowest BCUT2D eigenvalue weighted by molar-refractivity contribution is 0.0217.